The van der Waals surface area contributed by atoms with E-state index in [1.165, 1.54) is 0 Å². The maximum absolute atomic E-state index is 8.80. The molecule has 34 heavy (non-hydrogen) atoms. The quantitative estimate of drug-likeness (QED) is 0.324. The lowest BCUT2D eigenvalue weighted by Gasteiger charge is -2.33. The molecular weight excluding hydrogens is 417 g/mol. The molecule has 4 heteroatoms. The van der Waals surface area contributed by atoms with Gasteiger partial charge in [0.25, 0.3) is 6.71 Å². The molecule has 3 nitrogen and oxygen atoms in total. The number of para-hydroxylation sites is 2. The van der Waals surface area contributed by atoms with E-state index in [1.807, 2.05) is 42.5 Å². The van der Waals surface area contributed by atoms with Crippen molar-refractivity contribution < 1.29 is 15.0 Å². The Hall–Kier alpha value is -3.92. The highest BCUT2D eigenvalue weighted by atomic mass is 16.5. The van der Waals surface area contributed by atoms with Crippen LogP contribution in [0.1, 0.15) is 29.6 Å². The van der Waals surface area contributed by atoms with Gasteiger partial charge in [-0.25, -0.2) is 0 Å². The fraction of sp³-hybridized carbons (Fsp3) is 0.133. The second kappa shape index (κ2) is 6.80. The molecule has 1 aromatic heterocycles. The van der Waals surface area contributed by atoms with Gasteiger partial charge in [0.15, 0.2) is 0 Å². The molecule has 2 aliphatic heterocycles. The minimum atomic E-state index is -0.201. The zero-order valence-corrected chi connectivity index (χ0v) is 18.4. The Morgan fingerprint density at radius 3 is 2.47 bits per heavy atom. The van der Waals surface area contributed by atoms with Gasteiger partial charge in [0.1, 0.15) is 23.0 Å². The largest absolute Gasteiger partial charge is 0.458 e. The van der Waals surface area contributed by atoms with E-state index in [4.69, 9.17) is 15.0 Å². The Labute approximate surface area is 204 Å². The summed E-state index contributed by atoms with van der Waals surface area (Å²) in [7, 11) is 0. The summed E-state index contributed by atoms with van der Waals surface area (Å²) in [6, 6.07) is 19.9. The normalized spacial score (nSPS) is 16.6. The third kappa shape index (κ3) is 2.43. The van der Waals surface area contributed by atoms with Crippen LogP contribution in [0.3, 0.4) is 0 Å². The highest BCUT2D eigenvalue weighted by Crippen LogP contribution is 2.38. The molecule has 0 fully saturated rings. The highest BCUT2D eigenvalue weighted by molar-refractivity contribution is 6.98. The molecule has 0 radical (unpaired) electrons. The van der Waals surface area contributed by atoms with Crippen molar-refractivity contribution in [3.05, 3.63) is 96.1 Å². The summed E-state index contributed by atoms with van der Waals surface area (Å²) in [5.74, 6) is 3.18. The molecule has 3 heterocycles. The fourth-order valence-electron chi connectivity index (χ4n) is 6.02. The standard InChI is InChI=1S/C30H22BNO2/c1-4-11-24-20(8-1)21-9-2-5-12-25(21)32(24)19-16-17-23-29(18-19)34-28-15-7-14-27-30(28)31(23)22-10-3-6-13-26(22)33-27/h1,3-4,6-8,10-11,13-18H,2,5,9,12H2/i1D,4D,8D,11D. The van der Waals surface area contributed by atoms with E-state index in [2.05, 4.69) is 22.8 Å². The second-order valence-corrected chi connectivity index (χ2v) is 9.26. The monoisotopic (exact) mass is 443 g/mol. The van der Waals surface area contributed by atoms with E-state index in [-0.39, 0.29) is 30.9 Å². The van der Waals surface area contributed by atoms with Crippen molar-refractivity contribution in [3.8, 4) is 28.7 Å². The minimum Gasteiger partial charge on any atom is -0.458 e. The van der Waals surface area contributed by atoms with Crippen LogP contribution >= 0.6 is 0 Å². The number of hydrogen-bond acceptors (Lipinski definition) is 2. The molecule has 4 aromatic carbocycles. The van der Waals surface area contributed by atoms with Crippen LogP contribution in [0.15, 0.2) is 84.8 Å². The molecule has 0 atom stereocenters. The van der Waals surface area contributed by atoms with Crippen molar-refractivity contribution >= 4 is 34.0 Å². The summed E-state index contributed by atoms with van der Waals surface area (Å²) >= 11 is 0. The first-order valence-electron chi connectivity index (χ1n) is 13.9. The van der Waals surface area contributed by atoms with Gasteiger partial charge >= 0.3 is 0 Å². The second-order valence-electron chi connectivity index (χ2n) is 9.26. The third-order valence-electron chi connectivity index (χ3n) is 7.45. The smallest absolute Gasteiger partial charge is 0.260 e. The van der Waals surface area contributed by atoms with Gasteiger partial charge in [-0.2, -0.15) is 0 Å². The molecule has 3 aliphatic rings. The van der Waals surface area contributed by atoms with E-state index in [0.29, 0.717) is 10.9 Å². The lowest BCUT2D eigenvalue weighted by atomic mass is 9.35. The Balaban J connectivity index is 1.39. The number of aromatic nitrogens is 1. The summed E-state index contributed by atoms with van der Waals surface area (Å²) in [6.45, 7) is -0.0171. The van der Waals surface area contributed by atoms with E-state index in [1.54, 1.807) is 0 Å². The maximum Gasteiger partial charge on any atom is 0.260 e. The fourth-order valence-corrected chi connectivity index (χ4v) is 6.02. The van der Waals surface area contributed by atoms with Crippen molar-refractivity contribution in [3.63, 3.8) is 0 Å². The predicted molar refractivity (Wildman–Crippen MR) is 138 cm³/mol. The summed E-state index contributed by atoms with van der Waals surface area (Å²) < 4.78 is 48.9. The zero-order valence-electron chi connectivity index (χ0n) is 22.4. The predicted octanol–water partition coefficient (Wildman–Crippen LogP) is 5.24. The van der Waals surface area contributed by atoms with E-state index in [9.17, 15) is 0 Å². The maximum atomic E-state index is 8.80. The molecule has 0 spiro atoms. The lowest BCUT2D eigenvalue weighted by molar-refractivity contribution is 0.464. The summed E-state index contributed by atoms with van der Waals surface area (Å²) in [5.41, 5.74) is 6.71. The molecule has 8 rings (SSSR count). The molecule has 0 N–H and O–H groups in total. The topological polar surface area (TPSA) is 23.4 Å². The lowest BCUT2D eigenvalue weighted by Crippen LogP contribution is -2.57. The number of benzene rings is 4. The average molecular weight is 443 g/mol. The van der Waals surface area contributed by atoms with Gasteiger partial charge in [-0.05, 0) is 72.5 Å². The Morgan fingerprint density at radius 1 is 0.765 bits per heavy atom. The van der Waals surface area contributed by atoms with Gasteiger partial charge in [0.05, 0.1) is 11.0 Å². The average Bonchev–Trinajstić information content (AvgIpc) is 3.30. The van der Waals surface area contributed by atoms with Crippen LogP contribution in [0.4, 0.5) is 0 Å². The van der Waals surface area contributed by atoms with Gasteiger partial charge in [-0.1, -0.05) is 48.5 Å². The highest BCUT2D eigenvalue weighted by Gasteiger charge is 2.39. The van der Waals surface area contributed by atoms with E-state index in [0.717, 1.165) is 82.0 Å². The molecule has 0 amide bonds. The van der Waals surface area contributed by atoms with Crippen molar-refractivity contribution in [2.75, 3.05) is 0 Å². The Morgan fingerprint density at radius 2 is 1.53 bits per heavy atom. The number of ether oxygens (including phenoxy) is 2. The van der Waals surface area contributed by atoms with Crippen LogP contribution in [0.5, 0.6) is 23.0 Å². The minimum absolute atomic E-state index is 0.00221. The molecule has 162 valence electrons. The summed E-state index contributed by atoms with van der Waals surface area (Å²) in [5, 5.41) is 0.651. The van der Waals surface area contributed by atoms with Gasteiger partial charge in [-0.15, -0.1) is 0 Å². The van der Waals surface area contributed by atoms with Gasteiger partial charge in [0.2, 0.25) is 0 Å². The Kier molecular flexibility index (Phi) is 3.02. The van der Waals surface area contributed by atoms with Gasteiger partial charge in [-0.3, -0.25) is 0 Å². The first-order valence-corrected chi connectivity index (χ1v) is 11.9. The molecule has 5 aromatic rings. The first kappa shape index (κ1) is 15.1. The van der Waals surface area contributed by atoms with Gasteiger partial charge in [0, 0.05) is 28.3 Å². The molecule has 0 saturated heterocycles. The molecule has 1 aliphatic carbocycles. The van der Waals surface area contributed by atoms with Crippen LogP contribution in [-0.4, -0.2) is 11.3 Å². The van der Waals surface area contributed by atoms with Crippen LogP contribution in [0.25, 0.3) is 16.6 Å². The molecule has 0 bridgehead atoms. The number of aryl methyl sites for hydroxylation is 1. The van der Waals surface area contributed by atoms with Crippen molar-refractivity contribution in [2.45, 2.75) is 25.7 Å². The molecular formula is C30H22BNO2. The van der Waals surface area contributed by atoms with Crippen molar-refractivity contribution in [1.29, 1.82) is 0 Å². The van der Waals surface area contributed by atoms with Crippen molar-refractivity contribution in [1.82, 2.24) is 4.57 Å². The first-order chi connectivity index (χ1) is 18.5. The van der Waals surface area contributed by atoms with Crippen molar-refractivity contribution in [2.24, 2.45) is 0 Å². The third-order valence-corrected chi connectivity index (χ3v) is 7.45. The number of nitrogens with zero attached hydrogens (tertiary/aromatic N) is 1. The number of rotatable bonds is 1. The summed E-state index contributed by atoms with van der Waals surface area (Å²) in [6.07, 6.45) is 3.70. The van der Waals surface area contributed by atoms with Crippen LogP contribution < -0.4 is 25.9 Å². The van der Waals surface area contributed by atoms with Crippen LogP contribution in [0, 0.1) is 0 Å². The molecule has 0 saturated carbocycles. The van der Waals surface area contributed by atoms with Crippen LogP contribution in [0.2, 0.25) is 0 Å². The number of hydrogen-bond donors (Lipinski definition) is 0. The van der Waals surface area contributed by atoms with Crippen LogP contribution in [-0.2, 0) is 12.8 Å². The molecule has 0 unspecified atom stereocenters. The van der Waals surface area contributed by atoms with E-state index >= 15 is 0 Å². The Bertz CT molecular complexity index is 1850. The van der Waals surface area contributed by atoms with Gasteiger partial charge < -0.3 is 14.0 Å². The number of fused-ring (bicyclic) bond motifs is 7. The summed E-state index contributed by atoms with van der Waals surface area (Å²) in [4.78, 5) is 0. The SMILES string of the molecule is [2H]c1c([2H])c([2H])c2c(c1[2H])c1c(n2-c2ccc3c(c2)Oc2cccc4c2B3c2ccccc2O4)CCCC1. The van der Waals surface area contributed by atoms with E-state index < -0.39 is 0 Å². The zero-order chi connectivity index (χ0) is 25.7.